The van der Waals surface area contributed by atoms with E-state index >= 15 is 0 Å². The van der Waals surface area contributed by atoms with Gasteiger partial charge in [-0.05, 0) is 30.7 Å². The van der Waals surface area contributed by atoms with Gasteiger partial charge in [0.15, 0.2) is 0 Å². The Bertz CT molecular complexity index is 1020. The maximum Gasteiger partial charge on any atom is 0.255 e. The normalized spacial score (nSPS) is 10.7. The summed E-state index contributed by atoms with van der Waals surface area (Å²) >= 11 is 0. The van der Waals surface area contributed by atoms with Gasteiger partial charge in [-0.3, -0.25) is 18.8 Å². The first kappa shape index (κ1) is 19.3. The standard InChI is InChI=1S/C20H21FN4O3/c1-3-8-22-20(27)17-9-19(26)25(12-18(17)14-10-23-24(2)11-14)15-4-6-16(7-5-15)28-13-21/h4-7,9-12H,3,8,13H2,1-2H3,(H,22,27). The Morgan fingerprint density at radius 3 is 2.61 bits per heavy atom. The van der Waals surface area contributed by atoms with E-state index in [-0.39, 0.29) is 11.5 Å². The van der Waals surface area contributed by atoms with E-state index in [9.17, 15) is 14.0 Å². The summed E-state index contributed by atoms with van der Waals surface area (Å²) in [7, 11) is 1.78. The highest BCUT2D eigenvalue weighted by Crippen LogP contribution is 2.24. The number of aryl methyl sites for hydroxylation is 1. The average Bonchev–Trinajstić information content (AvgIpc) is 3.13. The lowest BCUT2D eigenvalue weighted by Gasteiger charge is -2.13. The van der Waals surface area contributed by atoms with Crippen LogP contribution >= 0.6 is 0 Å². The third-order valence-corrected chi connectivity index (χ3v) is 4.19. The number of benzene rings is 1. The second kappa shape index (κ2) is 8.51. The number of hydrogen-bond donors (Lipinski definition) is 1. The minimum absolute atomic E-state index is 0.292. The van der Waals surface area contributed by atoms with Gasteiger partial charge in [0, 0.05) is 48.9 Å². The number of carbonyl (C=O) groups is 1. The number of nitrogens with zero attached hydrogens (tertiary/aromatic N) is 3. The number of alkyl halides is 1. The number of aromatic nitrogens is 3. The quantitative estimate of drug-likeness (QED) is 0.679. The van der Waals surface area contributed by atoms with E-state index in [4.69, 9.17) is 4.74 Å². The molecular formula is C20H21FN4O3. The Kier molecular flexibility index (Phi) is 5.88. The molecule has 0 saturated carbocycles. The van der Waals surface area contributed by atoms with Crippen molar-refractivity contribution >= 4 is 5.91 Å². The molecular weight excluding hydrogens is 363 g/mol. The Morgan fingerprint density at radius 1 is 1.25 bits per heavy atom. The molecule has 1 aromatic carbocycles. The summed E-state index contributed by atoms with van der Waals surface area (Å²) in [4.78, 5) is 25.3. The molecule has 0 bridgehead atoms. The fraction of sp³-hybridized carbons (Fsp3) is 0.250. The molecule has 3 rings (SSSR count). The first-order valence-corrected chi connectivity index (χ1v) is 8.86. The molecule has 0 radical (unpaired) electrons. The molecule has 0 aliphatic rings. The minimum Gasteiger partial charge on any atom is -0.463 e. The van der Waals surface area contributed by atoms with Crippen molar-refractivity contribution in [3.05, 3.63) is 64.8 Å². The van der Waals surface area contributed by atoms with Crippen molar-refractivity contribution < 1.29 is 13.9 Å². The molecule has 0 aliphatic heterocycles. The van der Waals surface area contributed by atoms with Gasteiger partial charge in [-0.2, -0.15) is 5.10 Å². The van der Waals surface area contributed by atoms with Crippen molar-refractivity contribution in [2.45, 2.75) is 13.3 Å². The predicted octanol–water partition coefficient (Wildman–Crippen LogP) is 2.68. The Balaban J connectivity index is 2.10. The van der Waals surface area contributed by atoms with Crippen LogP contribution in [0.25, 0.3) is 16.8 Å². The second-order valence-electron chi connectivity index (χ2n) is 6.21. The van der Waals surface area contributed by atoms with Crippen molar-refractivity contribution in [3.8, 4) is 22.6 Å². The van der Waals surface area contributed by atoms with Crippen LogP contribution in [-0.4, -0.2) is 33.7 Å². The zero-order valence-electron chi connectivity index (χ0n) is 15.7. The minimum atomic E-state index is -0.925. The number of ether oxygens (including phenoxy) is 1. The van der Waals surface area contributed by atoms with Crippen molar-refractivity contribution in [2.75, 3.05) is 13.4 Å². The van der Waals surface area contributed by atoms with Gasteiger partial charge in [-0.1, -0.05) is 6.92 Å². The number of hydrogen-bond acceptors (Lipinski definition) is 4. The van der Waals surface area contributed by atoms with Gasteiger partial charge in [0.1, 0.15) is 5.75 Å². The molecule has 1 N–H and O–H groups in total. The number of pyridine rings is 1. The zero-order chi connectivity index (χ0) is 20.1. The summed E-state index contributed by atoms with van der Waals surface area (Å²) in [6.45, 7) is 1.55. The first-order valence-electron chi connectivity index (χ1n) is 8.86. The predicted molar refractivity (Wildman–Crippen MR) is 103 cm³/mol. The van der Waals surface area contributed by atoms with Crippen LogP contribution in [0, 0.1) is 0 Å². The summed E-state index contributed by atoms with van der Waals surface area (Å²) in [5.74, 6) is 0.0546. The Morgan fingerprint density at radius 2 is 2.00 bits per heavy atom. The lowest BCUT2D eigenvalue weighted by molar-refractivity contribution is 0.0954. The lowest BCUT2D eigenvalue weighted by Crippen LogP contribution is -2.28. The van der Waals surface area contributed by atoms with E-state index in [1.165, 1.54) is 10.6 Å². The van der Waals surface area contributed by atoms with Crippen molar-refractivity contribution in [3.63, 3.8) is 0 Å². The van der Waals surface area contributed by atoms with E-state index in [1.807, 2.05) is 6.92 Å². The molecule has 1 amide bonds. The molecule has 2 heterocycles. The molecule has 146 valence electrons. The summed E-state index contributed by atoms with van der Waals surface area (Å²) in [5.41, 5.74) is 1.82. The largest absolute Gasteiger partial charge is 0.463 e. The van der Waals surface area contributed by atoms with Gasteiger partial charge in [0.25, 0.3) is 11.5 Å². The number of carbonyl (C=O) groups excluding carboxylic acids is 1. The van der Waals surface area contributed by atoms with Gasteiger partial charge in [0.2, 0.25) is 6.86 Å². The smallest absolute Gasteiger partial charge is 0.255 e. The highest BCUT2D eigenvalue weighted by molar-refractivity contribution is 6.00. The molecule has 28 heavy (non-hydrogen) atoms. The lowest BCUT2D eigenvalue weighted by atomic mass is 10.0. The number of halogens is 1. The molecule has 7 nitrogen and oxygen atoms in total. The van der Waals surface area contributed by atoms with Gasteiger partial charge in [-0.15, -0.1) is 0 Å². The van der Waals surface area contributed by atoms with Gasteiger partial charge in [0.05, 0.1) is 11.8 Å². The van der Waals surface area contributed by atoms with Gasteiger partial charge >= 0.3 is 0 Å². The van der Waals surface area contributed by atoms with Crippen LogP contribution < -0.4 is 15.6 Å². The van der Waals surface area contributed by atoms with Crippen molar-refractivity contribution in [1.29, 1.82) is 0 Å². The number of nitrogens with one attached hydrogen (secondary N) is 1. The third-order valence-electron chi connectivity index (χ3n) is 4.19. The monoisotopic (exact) mass is 384 g/mol. The first-order chi connectivity index (χ1) is 13.5. The highest BCUT2D eigenvalue weighted by Gasteiger charge is 2.17. The second-order valence-corrected chi connectivity index (χ2v) is 6.21. The van der Waals surface area contributed by atoms with Crippen molar-refractivity contribution in [2.24, 2.45) is 7.05 Å². The third kappa shape index (κ3) is 4.11. The summed E-state index contributed by atoms with van der Waals surface area (Å²) in [6.07, 6.45) is 5.82. The van der Waals surface area contributed by atoms with E-state index < -0.39 is 6.86 Å². The maximum absolute atomic E-state index is 12.7. The maximum atomic E-state index is 12.7. The SMILES string of the molecule is CCCNC(=O)c1cc(=O)n(-c2ccc(OCF)cc2)cc1-c1cnn(C)c1. The van der Waals surface area contributed by atoms with E-state index in [0.717, 1.165) is 12.0 Å². The topological polar surface area (TPSA) is 78.2 Å². The number of amides is 1. The van der Waals surface area contributed by atoms with Crippen LogP contribution in [0.5, 0.6) is 5.75 Å². The molecule has 2 aromatic heterocycles. The average molecular weight is 384 g/mol. The molecule has 0 atom stereocenters. The molecule has 0 unspecified atom stereocenters. The fourth-order valence-electron chi connectivity index (χ4n) is 2.81. The van der Waals surface area contributed by atoms with Gasteiger partial charge < -0.3 is 10.1 Å². The summed E-state index contributed by atoms with van der Waals surface area (Å²) in [5, 5.41) is 6.97. The van der Waals surface area contributed by atoms with Crippen molar-refractivity contribution in [1.82, 2.24) is 19.7 Å². The van der Waals surface area contributed by atoms with E-state index in [2.05, 4.69) is 10.4 Å². The fourth-order valence-corrected chi connectivity index (χ4v) is 2.81. The van der Waals surface area contributed by atoms with Crippen LogP contribution in [0.4, 0.5) is 4.39 Å². The summed E-state index contributed by atoms with van der Waals surface area (Å²) < 4.78 is 20.1. The molecule has 0 fully saturated rings. The van der Waals surface area contributed by atoms with Gasteiger partial charge in [-0.25, -0.2) is 4.39 Å². The Hall–Kier alpha value is -3.42. The zero-order valence-corrected chi connectivity index (χ0v) is 15.7. The van der Waals surface area contributed by atoms with Crippen LogP contribution in [0.1, 0.15) is 23.7 Å². The number of rotatable bonds is 7. The van der Waals surface area contributed by atoms with Crippen LogP contribution in [0.2, 0.25) is 0 Å². The van der Waals surface area contributed by atoms with Crippen LogP contribution in [-0.2, 0) is 7.05 Å². The molecule has 8 heteroatoms. The molecule has 0 aliphatic carbocycles. The molecule has 0 spiro atoms. The van der Waals surface area contributed by atoms with Crippen LogP contribution in [0.15, 0.2) is 53.7 Å². The van der Waals surface area contributed by atoms with Crippen LogP contribution in [0.3, 0.4) is 0 Å². The summed E-state index contributed by atoms with van der Waals surface area (Å²) in [6, 6.07) is 7.77. The molecule has 3 aromatic rings. The van der Waals surface area contributed by atoms with E-state index in [1.54, 1.807) is 54.6 Å². The molecule has 0 saturated heterocycles. The highest BCUT2D eigenvalue weighted by atomic mass is 19.1. The van der Waals surface area contributed by atoms with E-state index in [0.29, 0.717) is 29.1 Å². The Labute approximate surface area is 161 Å².